The van der Waals surface area contributed by atoms with Gasteiger partial charge in [-0.15, -0.1) is 0 Å². The number of nitrogens with zero attached hydrogens (tertiary/aromatic N) is 1. The molecule has 0 saturated heterocycles. The lowest BCUT2D eigenvalue weighted by atomic mass is 10.0. The van der Waals surface area contributed by atoms with Crippen molar-refractivity contribution >= 4 is 22.7 Å². The van der Waals surface area contributed by atoms with Gasteiger partial charge in [-0.25, -0.2) is 4.98 Å². The fourth-order valence-corrected chi connectivity index (χ4v) is 3.47. The molecular weight excluding hydrogens is 388 g/mol. The Kier molecular flexibility index (Phi) is 5.76. The molecule has 1 aromatic heterocycles. The van der Waals surface area contributed by atoms with E-state index in [0.29, 0.717) is 34.3 Å². The third-order valence-corrected chi connectivity index (χ3v) is 5.20. The van der Waals surface area contributed by atoms with Crippen LogP contribution in [0.2, 0.25) is 0 Å². The molecule has 5 heteroatoms. The third kappa shape index (κ3) is 4.77. The van der Waals surface area contributed by atoms with Crippen LogP contribution in [-0.4, -0.2) is 17.5 Å². The summed E-state index contributed by atoms with van der Waals surface area (Å²) in [4.78, 5) is 16.9. The molecular formula is C26H26N2O3. The Hall–Kier alpha value is -3.60. The van der Waals surface area contributed by atoms with E-state index in [4.69, 9.17) is 9.15 Å². The molecule has 0 aliphatic rings. The van der Waals surface area contributed by atoms with Crippen molar-refractivity contribution in [3.8, 4) is 17.2 Å². The molecule has 31 heavy (non-hydrogen) atoms. The van der Waals surface area contributed by atoms with Gasteiger partial charge in [0.1, 0.15) is 11.3 Å². The Bertz CT molecular complexity index is 1220. The molecule has 0 saturated carbocycles. The molecule has 1 heterocycles. The molecule has 0 aliphatic heterocycles. The van der Waals surface area contributed by atoms with E-state index in [-0.39, 0.29) is 12.5 Å². The molecule has 1 amide bonds. The van der Waals surface area contributed by atoms with Gasteiger partial charge in [-0.3, -0.25) is 4.79 Å². The van der Waals surface area contributed by atoms with Gasteiger partial charge < -0.3 is 14.5 Å². The summed E-state index contributed by atoms with van der Waals surface area (Å²) in [6.07, 6.45) is 0. The molecule has 0 fully saturated rings. The number of aryl methyl sites for hydroxylation is 2. The summed E-state index contributed by atoms with van der Waals surface area (Å²) in [6, 6.07) is 19.4. The van der Waals surface area contributed by atoms with E-state index in [1.807, 2.05) is 49.4 Å². The highest BCUT2D eigenvalue weighted by atomic mass is 16.5. The molecule has 4 aromatic rings. The number of anilines is 1. The summed E-state index contributed by atoms with van der Waals surface area (Å²) in [7, 11) is 0. The van der Waals surface area contributed by atoms with E-state index in [9.17, 15) is 4.79 Å². The van der Waals surface area contributed by atoms with E-state index in [2.05, 4.69) is 37.1 Å². The number of oxazole rings is 1. The SMILES string of the molecule is Cc1ccc(-c2nc3cc(NC(=O)COc4ccc(C(C)C)cc4)ccc3o2)c(C)c1. The van der Waals surface area contributed by atoms with Crippen LogP contribution in [-0.2, 0) is 4.79 Å². The van der Waals surface area contributed by atoms with Crippen molar-refractivity contribution in [1.82, 2.24) is 4.98 Å². The van der Waals surface area contributed by atoms with E-state index >= 15 is 0 Å². The second-order valence-electron chi connectivity index (χ2n) is 8.08. The maximum Gasteiger partial charge on any atom is 0.262 e. The van der Waals surface area contributed by atoms with Crippen LogP contribution in [0.3, 0.4) is 0 Å². The van der Waals surface area contributed by atoms with Crippen molar-refractivity contribution in [3.63, 3.8) is 0 Å². The molecule has 0 atom stereocenters. The zero-order chi connectivity index (χ0) is 22.0. The number of aromatic nitrogens is 1. The second kappa shape index (κ2) is 8.64. The highest BCUT2D eigenvalue weighted by molar-refractivity contribution is 5.94. The maximum atomic E-state index is 12.3. The quantitative estimate of drug-likeness (QED) is 0.405. The first-order valence-corrected chi connectivity index (χ1v) is 10.4. The molecule has 0 aliphatic carbocycles. The monoisotopic (exact) mass is 414 g/mol. The lowest BCUT2D eigenvalue weighted by Crippen LogP contribution is -2.20. The van der Waals surface area contributed by atoms with Crippen LogP contribution in [0.25, 0.3) is 22.6 Å². The summed E-state index contributed by atoms with van der Waals surface area (Å²) in [5.41, 5.74) is 6.52. The summed E-state index contributed by atoms with van der Waals surface area (Å²) < 4.78 is 11.5. The van der Waals surface area contributed by atoms with Crippen molar-refractivity contribution in [2.24, 2.45) is 0 Å². The minimum Gasteiger partial charge on any atom is -0.484 e. The molecule has 158 valence electrons. The number of carbonyl (C=O) groups is 1. The Balaban J connectivity index is 1.43. The van der Waals surface area contributed by atoms with Gasteiger partial charge in [0.15, 0.2) is 12.2 Å². The predicted octanol–water partition coefficient (Wildman–Crippen LogP) is 6.25. The fraction of sp³-hybridized carbons (Fsp3) is 0.231. The minimum absolute atomic E-state index is 0.0638. The summed E-state index contributed by atoms with van der Waals surface area (Å²) in [5.74, 6) is 1.47. The molecule has 5 nitrogen and oxygen atoms in total. The Labute approximate surface area is 182 Å². The van der Waals surface area contributed by atoms with Crippen molar-refractivity contribution in [1.29, 1.82) is 0 Å². The number of hydrogen-bond acceptors (Lipinski definition) is 4. The standard InChI is InChI=1S/C26H26N2O3/c1-16(2)19-6-9-21(10-7-19)30-15-25(29)27-20-8-12-24-23(14-20)28-26(31-24)22-11-5-17(3)13-18(22)4/h5-14,16H,15H2,1-4H3,(H,27,29). The number of ether oxygens (including phenoxy) is 1. The van der Waals surface area contributed by atoms with Crippen LogP contribution in [0, 0.1) is 13.8 Å². The van der Waals surface area contributed by atoms with Crippen LogP contribution < -0.4 is 10.1 Å². The van der Waals surface area contributed by atoms with E-state index in [1.54, 1.807) is 12.1 Å². The third-order valence-electron chi connectivity index (χ3n) is 5.20. The first kappa shape index (κ1) is 20.7. The molecule has 0 radical (unpaired) electrons. The summed E-state index contributed by atoms with van der Waals surface area (Å²) in [6.45, 7) is 8.31. The number of hydrogen-bond donors (Lipinski definition) is 1. The van der Waals surface area contributed by atoms with Crippen LogP contribution in [0.15, 0.2) is 65.1 Å². The summed E-state index contributed by atoms with van der Waals surface area (Å²) >= 11 is 0. The normalized spacial score (nSPS) is 11.1. The summed E-state index contributed by atoms with van der Waals surface area (Å²) in [5, 5.41) is 2.86. The number of fused-ring (bicyclic) bond motifs is 1. The van der Waals surface area contributed by atoms with Crippen LogP contribution in [0.5, 0.6) is 5.75 Å². The van der Waals surface area contributed by atoms with Gasteiger partial charge in [0.05, 0.1) is 0 Å². The van der Waals surface area contributed by atoms with Crippen LogP contribution in [0.1, 0.15) is 36.5 Å². The van der Waals surface area contributed by atoms with Crippen molar-refractivity contribution in [2.45, 2.75) is 33.6 Å². The zero-order valence-corrected chi connectivity index (χ0v) is 18.2. The molecule has 0 unspecified atom stereocenters. The van der Waals surface area contributed by atoms with E-state index in [0.717, 1.165) is 11.1 Å². The Morgan fingerprint density at radius 3 is 2.52 bits per heavy atom. The molecule has 4 rings (SSSR count). The Morgan fingerprint density at radius 2 is 1.81 bits per heavy atom. The zero-order valence-electron chi connectivity index (χ0n) is 18.2. The molecule has 3 aromatic carbocycles. The van der Waals surface area contributed by atoms with Gasteiger partial charge >= 0.3 is 0 Å². The van der Waals surface area contributed by atoms with Gasteiger partial charge in [-0.05, 0) is 67.3 Å². The van der Waals surface area contributed by atoms with Crippen molar-refractivity contribution in [2.75, 3.05) is 11.9 Å². The largest absolute Gasteiger partial charge is 0.484 e. The number of nitrogens with one attached hydrogen (secondary N) is 1. The highest BCUT2D eigenvalue weighted by Crippen LogP contribution is 2.28. The lowest BCUT2D eigenvalue weighted by molar-refractivity contribution is -0.118. The van der Waals surface area contributed by atoms with Crippen LogP contribution in [0.4, 0.5) is 5.69 Å². The van der Waals surface area contributed by atoms with Gasteiger partial charge in [-0.1, -0.05) is 43.7 Å². The van der Waals surface area contributed by atoms with Gasteiger partial charge in [0, 0.05) is 11.3 Å². The van der Waals surface area contributed by atoms with Gasteiger partial charge in [0.2, 0.25) is 5.89 Å². The van der Waals surface area contributed by atoms with Crippen molar-refractivity contribution < 1.29 is 13.9 Å². The number of benzene rings is 3. The minimum atomic E-state index is -0.231. The predicted molar refractivity (Wildman–Crippen MR) is 124 cm³/mol. The average molecular weight is 415 g/mol. The van der Waals surface area contributed by atoms with Gasteiger partial charge in [0.25, 0.3) is 5.91 Å². The van der Waals surface area contributed by atoms with E-state index < -0.39 is 0 Å². The molecule has 0 spiro atoms. The Morgan fingerprint density at radius 1 is 1.03 bits per heavy atom. The second-order valence-corrected chi connectivity index (χ2v) is 8.08. The van der Waals surface area contributed by atoms with Crippen molar-refractivity contribution in [3.05, 3.63) is 77.4 Å². The fourth-order valence-electron chi connectivity index (χ4n) is 3.47. The first-order chi connectivity index (χ1) is 14.9. The van der Waals surface area contributed by atoms with Gasteiger partial charge in [-0.2, -0.15) is 0 Å². The number of rotatable bonds is 6. The lowest BCUT2D eigenvalue weighted by Gasteiger charge is -2.09. The average Bonchev–Trinajstić information content (AvgIpc) is 3.15. The molecule has 1 N–H and O–H groups in total. The van der Waals surface area contributed by atoms with E-state index in [1.165, 1.54) is 11.1 Å². The number of amides is 1. The first-order valence-electron chi connectivity index (χ1n) is 10.4. The smallest absolute Gasteiger partial charge is 0.262 e. The maximum absolute atomic E-state index is 12.3. The number of carbonyl (C=O) groups excluding carboxylic acids is 1. The van der Waals surface area contributed by atoms with Crippen LogP contribution >= 0.6 is 0 Å². The highest BCUT2D eigenvalue weighted by Gasteiger charge is 2.12. The molecule has 0 bridgehead atoms. The topological polar surface area (TPSA) is 64.4 Å².